The van der Waals surface area contributed by atoms with Crippen LogP contribution in [0.3, 0.4) is 0 Å². The van der Waals surface area contributed by atoms with Gasteiger partial charge in [-0.1, -0.05) is 0 Å². The molecule has 0 radical (unpaired) electrons. The summed E-state index contributed by atoms with van der Waals surface area (Å²) < 4.78 is 9.79. The Morgan fingerprint density at radius 1 is 1.39 bits per heavy atom. The van der Waals surface area contributed by atoms with Crippen molar-refractivity contribution in [1.82, 2.24) is 4.90 Å². The molecule has 104 valence electrons. The Bertz CT molecular complexity index is 349. The molecule has 6 heteroatoms. The van der Waals surface area contributed by atoms with E-state index in [1.165, 1.54) is 12.0 Å². The zero-order chi connectivity index (χ0) is 14.1. The molecule has 0 saturated carbocycles. The van der Waals surface area contributed by atoms with E-state index in [1.54, 1.807) is 27.7 Å². The fourth-order valence-corrected chi connectivity index (χ4v) is 1.97. The van der Waals surface area contributed by atoms with Crippen molar-refractivity contribution in [2.75, 3.05) is 13.7 Å². The van der Waals surface area contributed by atoms with Crippen molar-refractivity contribution in [3.63, 3.8) is 0 Å². The number of hydrogen-bond donors (Lipinski definition) is 1. The molecule has 1 rings (SSSR count). The quantitative estimate of drug-likeness (QED) is 0.709. The average Bonchev–Trinajstić information content (AvgIpc) is 2.53. The minimum atomic E-state index is -1.65. The summed E-state index contributed by atoms with van der Waals surface area (Å²) in [5, 5.41) is 10.2. The first kappa shape index (κ1) is 14.8. The van der Waals surface area contributed by atoms with Crippen LogP contribution in [0, 0.1) is 0 Å². The second-order valence-electron chi connectivity index (χ2n) is 5.52. The van der Waals surface area contributed by atoms with Crippen LogP contribution in [0.25, 0.3) is 0 Å². The summed E-state index contributed by atoms with van der Waals surface area (Å²) in [5.74, 6) is -0.721. The van der Waals surface area contributed by atoms with Gasteiger partial charge >= 0.3 is 12.1 Å². The Balaban J connectivity index is 2.79. The van der Waals surface area contributed by atoms with Gasteiger partial charge in [0.05, 0.1) is 13.2 Å². The van der Waals surface area contributed by atoms with E-state index in [2.05, 4.69) is 4.74 Å². The Labute approximate surface area is 107 Å². The molecule has 0 spiro atoms. The second-order valence-corrected chi connectivity index (χ2v) is 5.52. The van der Waals surface area contributed by atoms with Gasteiger partial charge in [0.1, 0.15) is 5.60 Å². The van der Waals surface area contributed by atoms with Gasteiger partial charge < -0.3 is 19.5 Å². The van der Waals surface area contributed by atoms with Crippen molar-refractivity contribution in [3.8, 4) is 0 Å². The van der Waals surface area contributed by atoms with Gasteiger partial charge in [-0.3, -0.25) is 0 Å². The normalized spacial score (nSPS) is 28.1. The molecule has 1 fully saturated rings. The van der Waals surface area contributed by atoms with Crippen molar-refractivity contribution in [2.45, 2.75) is 51.4 Å². The summed E-state index contributed by atoms with van der Waals surface area (Å²) in [5.41, 5.74) is -2.26. The fourth-order valence-electron chi connectivity index (χ4n) is 1.97. The predicted molar refractivity (Wildman–Crippen MR) is 64.0 cm³/mol. The molecule has 18 heavy (non-hydrogen) atoms. The number of esters is 1. The second kappa shape index (κ2) is 4.76. The summed E-state index contributed by atoms with van der Waals surface area (Å²) in [6.07, 6.45) is -0.380. The van der Waals surface area contributed by atoms with Crippen molar-refractivity contribution in [3.05, 3.63) is 0 Å². The Morgan fingerprint density at radius 2 is 1.94 bits per heavy atom. The summed E-state index contributed by atoms with van der Waals surface area (Å²) in [6.45, 7) is 7.16. The number of likely N-dealkylation sites (tertiary alicyclic amines) is 1. The molecule has 0 aliphatic carbocycles. The maximum atomic E-state index is 11.9. The fraction of sp³-hybridized carbons (Fsp3) is 0.833. The van der Waals surface area contributed by atoms with Gasteiger partial charge in [0.25, 0.3) is 0 Å². The van der Waals surface area contributed by atoms with Crippen molar-refractivity contribution < 1.29 is 24.2 Å². The van der Waals surface area contributed by atoms with Crippen LogP contribution >= 0.6 is 0 Å². The molecular weight excluding hydrogens is 238 g/mol. The monoisotopic (exact) mass is 259 g/mol. The van der Waals surface area contributed by atoms with E-state index < -0.39 is 29.3 Å². The Morgan fingerprint density at radius 3 is 2.39 bits per heavy atom. The van der Waals surface area contributed by atoms with Gasteiger partial charge in [-0.25, -0.2) is 9.59 Å². The molecular formula is C12H21NO5. The lowest BCUT2D eigenvalue weighted by Crippen LogP contribution is -2.51. The number of ether oxygens (including phenoxy) is 2. The van der Waals surface area contributed by atoms with Crippen molar-refractivity contribution in [1.29, 1.82) is 0 Å². The number of hydrogen-bond acceptors (Lipinski definition) is 5. The topological polar surface area (TPSA) is 76.1 Å². The van der Waals surface area contributed by atoms with Crippen molar-refractivity contribution in [2.24, 2.45) is 0 Å². The number of carbonyl (C=O) groups is 2. The average molecular weight is 259 g/mol. The highest BCUT2D eigenvalue weighted by molar-refractivity contribution is 5.82. The van der Waals surface area contributed by atoms with E-state index in [-0.39, 0.29) is 13.0 Å². The van der Waals surface area contributed by atoms with Gasteiger partial charge in [-0.05, 0) is 27.7 Å². The lowest BCUT2D eigenvalue weighted by Gasteiger charge is -2.30. The van der Waals surface area contributed by atoms with Crippen LogP contribution in [0.15, 0.2) is 0 Å². The third-order valence-electron chi connectivity index (χ3n) is 3.06. The first-order valence-electron chi connectivity index (χ1n) is 5.92. The first-order chi connectivity index (χ1) is 8.12. The molecule has 0 bridgehead atoms. The molecule has 6 nitrogen and oxygen atoms in total. The summed E-state index contributed by atoms with van der Waals surface area (Å²) in [7, 11) is 1.21. The Hall–Kier alpha value is -1.30. The minimum Gasteiger partial charge on any atom is -0.467 e. The molecule has 0 aromatic rings. The number of amides is 1. The zero-order valence-electron chi connectivity index (χ0n) is 11.5. The lowest BCUT2D eigenvalue weighted by molar-refractivity contribution is -0.164. The molecule has 1 heterocycles. The lowest BCUT2D eigenvalue weighted by atomic mass is 9.96. The van der Waals surface area contributed by atoms with E-state index in [0.29, 0.717) is 0 Å². The molecule has 2 atom stereocenters. The summed E-state index contributed by atoms with van der Waals surface area (Å²) >= 11 is 0. The van der Waals surface area contributed by atoms with Crippen LogP contribution in [-0.4, -0.2) is 53.0 Å². The van der Waals surface area contributed by atoms with Gasteiger partial charge in [-0.2, -0.15) is 0 Å². The van der Waals surface area contributed by atoms with Crippen LogP contribution in [-0.2, 0) is 14.3 Å². The molecule has 2 unspecified atom stereocenters. The van der Waals surface area contributed by atoms with Crippen LogP contribution < -0.4 is 0 Å². The standard InChI is InChI=1S/C12H21NO5/c1-8-12(16,9(14)17-5)6-7-13(8)10(15)18-11(2,3)4/h8,16H,6-7H2,1-5H3. The molecule has 0 aromatic heterocycles. The van der Waals surface area contributed by atoms with Gasteiger partial charge in [0.2, 0.25) is 0 Å². The van der Waals surface area contributed by atoms with Crippen LogP contribution in [0.1, 0.15) is 34.1 Å². The highest BCUT2D eigenvalue weighted by atomic mass is 16.6. The number of carbonyl (C=O) groups excluding carboxylic acids is 2. The van der Waals surface area contributed by atoms with Gasteiger partial charge in [0.15, 0.2) is 5.60 Å². The largest absolute Gasteiger partial charge is 0.467 e. The molecule has 1 N–H and O–H groups in total. The maximum Gasteiger partial charge on any atom is 0.410 e. The van der Waals surface area contributed by atoms with Gasteiger partial charge in [-0.15, -0.1) is 0 Å². The highest BCUT2D eigenvalue weighted by Gasteiger charge is 2.52. The molecule has 0 aromatic carbocycles. The van der Waals surface area contributed by atoms with E-state index >= 15 is 0 Å². The van der Waals surface area contributed by atoms with Crippen LogP contribution in [0.5, 0.6) is 0 Å². The SMILES string of the molecule is COC(=O)C1(O)CCN(C(=O)OC(C)(C)C)C1C. The molecule has 1 amide bonds. The Kier molecular flexibility index (Phi) is 3.90. The molecule has 1 saturated heterocycles. The van der Waals surface area contributed by atoms with Crippen LogP contribution in [0.2, 0.25) is 0 Å². The zero-order valence-corrected chi connectivity index (χ0v) is 11.5. The minimum absolute atomic E-state index is 0.153. The predicted octanol–water partition coefficient (Wildman–Crippen LogP) is 0.920. The third-order valence-corrected chi connectivity index (χ3v) is 3.06. The van der Waals surface area contributed by atoms with Gasteiger partial charge in [0, 0.05) is 13.0 Å². The van der Waals surface area contributed by atoms with E-state index in [1.807, 2.05) is 0 Å². The smallest absolute Gasteiger partial charge is 0.410 e. The summed E-state index contributed by atoms with van der Waals surface area (Å²) in [4.78, 5) is 24.8. The highest BCUT2D eigenvalue weighted by Crippen LogP contribution is 2.30. The van der Waals surface area contributed by atoms with E-state index in [9.17, 15) is 14.7 Å². The number of nitrogens with zero attached hydrogens (tertiary/aromatic N) is 1. The van der Waals surface area contributed by atoms with E-state index in [4.69, 9.17) is 4.74 Å². The summed E-state index contributed by atoms with van der Waals surface area (Å²) in [6, 6.07) is -0.667. The first-order valence-corrected chi connectivity index (χ1v) is 5.92. The number of methoxy groups -OCH3 is 1. The maximum absolute atomic E-state index is 11.9. The van der Waals surface area contributed by atoms with E-state index in [0.717, 1.165) is 0 Å². The third kappa shape index (κ3) is 2.75. The van der Waals surface area contributed by atoms with Crippen LogP contribution in [0.4, 0.5) is 4.79 Å². The number of aliphatic hydroxyl groups is 1. The molecule has 1 aliphatic rings. The number of rotatable bonds is 1. The van der Waals surface area contributed by atoms with Crippen molar-refractivity contribution >= 4 is 12.1 Å². The molecule has 1 aliphatic heterocycles.